The van der Waals surface area contributed by atoms with Crippen LogP contribution in [0.1, 0.15) is 36.5 Å². The summed E-state index contributed by atoms with van der Waals surface area (Å²) in [5, 5.41) is 3.77. The molecule has 1 N–H and O–H groups in total. The quantitative estimate of drug-likeness (QED) is 0.907. The number of nitrogens with one attached hydrogen (secondary N) is 1. The molecule has 4 atom stereocenters. The van der Waals surface area contributed by atoms with Gasteiger partial charge in [-0.15, -0.1) is 0 Å². The monoisotopic (exact) mass is 267 g/mol. The highest BCUT2D eigenvalue weighted by atomic mass is 16.3. The lowest BCUT2D eigenvalue weighted by Crippen LogP contribution is -2.39. The van der Waals surface area contributed by atoms with Crippen molar-refractivity contribution in [2.45, 2.75) is 37.8 Å². The summed E-state index contributed by atoms with van der Waals surface area (Å²) in [6, 6.07) is 15.7. The third-order valence-electron chi connectivity index (χ3n) is 5.19. The zero-order chi connectivity index (χ0) is 13.4. The maximum absolute atomic E-state index is 5.45. The summed E-state index contributed by atoms with van der Waals surface area (Å²) in [5.74, 6) is 3.45. The summed E-state index contributed by atoms with van der Waals surface area (Å²) < 4.78 is 5.45. The average Bonchev–Trinajstić information content (AvgIpc) is 3.22. The van der Waals surface area contributed by atoms with E-state index in [2.05, 4.69) is 41.7 Å². The number of hydrogen-bond acceptors (Lipinski definition) is 2. The molecule has 0 spiro atoms. The predicted molar refractivity (Wildman–Crippen MR) is 79.3 cm³/mol. The van der Waals surface area contributed by atoms with E-state index in [0.29, 0.717) is 12.0 Å². The lowest BCUT2D eigenvalue weighted by Gasteiger charge is -2.32. The van der Waals surface area contributed by atoms with Crippen molar-refractivity contribution in [1.29, 1.82) is 0 Å². The minimum atomic E-state index is 0.612. The van der Waals surface area contributed by atoms with Crippen molar-refractivity contribution in [2.75, 3.05) is 0 Å². The van der Waals surface area contributed by atoms with Gasteiger partial charge < -0.3 is 9.73 Å². The first-order chi connectivity index (χ1) is 9.92. The third kappa shape index (κ3) is 2.08. The minimum Gasteiger partial charge on any atom is -0.468 e. The molecule has 20 heavy (non-hydrogen) atoms. The molecular weight excluding hydrogens is 246 g/mol. The van der Waals surface area contributed by atoms with Crippen LogP contribution in [0.15, 0.2) is 53.1 Å². The van der Waals surface area contributed by atoms with E-state index in [-0.39, 0.29) is 0 Å². The van der Waals surface area contributed by atoms with Crippen LogP contribution in [-0.2, 0) is 6.54 Å². The van der Waals surface area contributed by atoms with Gasteiger partial charge in [0.1, 0.15) is 5.76 Å². The molecule has 2 bridgehead atoms. The zero-order valence-electron chi connectivity index (χ0n) is 11.7. The summed E-state index contributed by atoms with van der Waals surface area (Å²) in [5.41, 5.74) is 1.51. The fourth-order valence-corrected chi connectivity index (χ4v) is 4.37. The molecule has 2 heteroatoms. The van der Waals surface area contributed by atoms with Crippen LogP contribution in [0.5, 0.6) is 0 Å². The Morgan fingerprint density at radius 1 is 1.00 bits per heavy atom. The molecule has 4 rings (SSSR count). The summed E-state index contributed by atoms with van der Waals surface area (Å²) in [6.07, 6.45) is 5.95. The lowest BCUT2D eigenvalue weighted by molar-refractivity contribution is 0.300. The maximum Gasteiger partial charge on any atom is 0.117 e. The highest BCUT2D eigenvalue weighted by Crippen LogP contribution is 2.53. The van der Waals surface area contributed by atoms with Gasteiger partial charge in [-0.25, -0.2) is 0 Å². The Kier molecular flexibility index (Phi) is 3.12. The fraction of sp³-hybridized carbons (Fsp3) is 0.444. The van der Waals surface area contributed by atoms with E-state index < -0.39 is 0 Å². The summed E-state index contributed by atoms with van der Waals surface area (Å²) >= 11 is 0. The van der Waals surface area contributed by atoms with E-state index in [1.54, 1.807) is 6.26 Å². The standard InChI is InChI=1S/C18H21NO/c1-2-5-13(6-3-1)17-14-8-9-15(11-14)18(17)19-12-16-7-4-10-20-16/h1-7,10,14-15,17-19H,8-9,11-12H2. The maximum atomic E-state index is 5.45. The molecule has 1 heterocycles. The van der Waals surface area contributed by atoms with Crippen molar-refractivity contribution < 1.29 is 4.42 Å². The first-order valence-corrected chi connectivity index (χ1v) is 7.72. The van der Waals surface area contributed by atoms with E-state index >= 15 is 0 Å². The Morgan fingerprint density at radius 3 is 2.65 bits per heavy atom. The molecule has 2 aromatic rings. The third-order valence-corrected chi connectivity index (χ3v) is 5.19. The van der Waals surface area contributed by atoms with Gasteiger partial charge in [-0.2, -0.15) is 0 Å². The van der Waals surface area contributed by atoms with Crippen LogP contribution in [0.2, 0.25) is 0 Å². The summed E-state index contributed by atoms with van der Waals surface area (Å²) in [7, 11) is 0. The normalized spacial score (nSPS) is 31.8. The largest absolute Gasteiger partial charge is 0.468 e. The van der Waals surface area contributed by atoms with Crippen molar-refractivity contribution in [3.05, 3.63) is 60.1 Å². The van der Waals surface area contributed by atoms with E-state index in [9.17, 15) is 0 Å². The molecule has 0 amide bonds. The van der Waals surface area contributed by atoms with Crippen LogP contribution in [0, 0.1) is 11.8 Å². The molecular formula is C18H21NO. The molecule has 2 aliphatic carbocycles. The zero-order valence-corrected chi connectivity index (χ0v) is 11.7. The number of rotatable bonds is 4. The molecule has 104 valence electrons. The summed E-state index contributed by atoms with van der Waals surface area (Å²) in [4.78, 5) is 0. The van der Waals surface area contributed by atoms with Crippen LogP contribution in [0.25, 0.3) is 0 Å². The second kappa shape index (κ2) is 5.10. The van der Waals surface area contributed by atoms with Gasteiger partial charge in [-0.1, -0.05) is 30.3 Å². The minimum absolute atomic E-state index is 0.612. The number of furan rings is 1. The molecule has 4 unspecified atom stereocenters. The van der Waals surface area contributed by atoms with Crippen molar-refractivity contribution in [3.63, 3.8) is 0 Å². The summed E-state index contributed by atoms with van der Waals surface area (Å²) in [6.45, 7) is 0.851. The average molecular weight is 267 g/mol. The van der Waals surface area contributed by atoms with Crippen LogP contribution in [0.3, 0.4) is 0 Å². The topological polar surface area (TPSA) is 25.2 Å². The van der Waals surface area contributed by atoms with Crippen molar-refractivity contribution in [3.8, 4) is 0 Å². The van der Waals surface area contributed by atoms with Gasteiger partial charge in [-0.3, -0.25) is 0 Å². The van der Waals surface area contributed by atoms with Crippen molar-refractivity contribution in [2.24, 2.45) is 11.8 Å². The van der Waals surface area contributed by atoms with E-state index in [0.717, 1.165) is 24.1 Å². The van der Waals surface area contributed by atoms with E-state index in [1.807, 2.05) is 6.07 Å². The Labute approximate surface area is 120 Å². The van der Waals surface area contributed by atoms with Crippen LogP contribution >= 0.6 is 0 Å². The van der Waals surface area contributed by atoms with Gasteiger partial charge in [0, 0.05) is 12.0 Å². The lowest BCUT2D eigenvalue weighted by atomic mass is 9.80. The first-order valence-electron chi connectivity index (χ1n) is 7.72. The molecule has 2 fully saturated rings. The number of fused-ring (bicyclic) bond motifs is 2. The SMILES string of the molecule is c1ccc(C2C3CCC(C3)C2NCc2ccco2)cc1. The van der Waals surface area contributed by atoms with Crippen LogP contribution < -0.4 is 5.32 Å². The van der Waals surface area contributed by atoms with Gasteiger partial charge in [0.2, 0.25) is 0 Å². The number of benzene rings is 1. The van der Waals surface area contributed by atoms with Crippen molar-refractivity contribution >= 4 is 0 Å². The second-order valence-corrected chi connectivity index (χ2v) is 6.26. The predicted octanol–water partition coefficient (Wildman–Crippen LogP) is 3.95. The van der Waals surface area contributed by atoms with Crippen LogP contribution in [-0.4, -0.2) is 6.04 Å². The highest BCUT2D eigenvalue weighted by Gasteiger charge is 2.47. The van der Waals surface area contributed by atoms with E-state index in [1.165, 1.54) is 24.8 Å². The highest BCUT2D eigenvalue weighted by molar-refractivity contribution is 5.26. The second-order valence-electron chi connectivity index (χ2n) is 6.26. The van der Waals surface area contributed by atoms with Gasteiger partial charge in [0.25, 0.3) is 0 Å². The molecule has 2 nitrogen and oxygen atoms in total. The molecule has 0 saturated heterocycles. The first kappa shape index (κ1) is 12.2. The Balaban J connectivity index is 1.54. The molecule has 0 aliphatic heterocycles. The molecule has 2 saturated carbocycles. The molecule has 0 radical (unpaired) electrons. The number of hydrogen-bond donors (Lipinski definition) is 1. The van der Waals surface area contributed by atoms with Crippen molar-refractivity contribution in [1.82, 2.24) is 5.32 Å². The van der Waals surface area contributed by atoms with Gasteiger partial charge >= 0.3 is 0 Å². The Hall–Kier alpha value is -1.54. The van der Waals surface area contributed by atoms with E-state index in [4.69, 9.17) is 4.42 Å². The molecule has 2 aliphatic rings. The molecule has 1 aromatic carbocycles. The Bertz CT molecular complexity index is 548. The van der Waals surface area contributed by atoms with Gasteiger partial charge in [0.15, 0.2) is 0 Å². The fourth-order valence-electron chi connectivity index (χ4n) is 4.37. The molecule has 1 aromatic heterocycles. The van der Waals surface area contributed by atoms with Gasteiger partial charge in [-0.05, 0) is 48.8 Å². The van der Waals surface area contributed by atoms with Gasteiger partial charge in [0.05, 0.1) is 12.8 Å². The smallest absolute Gasteiger partial charge is 0.117 e. The Morgan fingerprint density at radius 2 is 1.85 bits per heavy atom. The van der Waals surface area contributed by atoms with Crippen LogP contribution in [0.4, 0.5) is 0 Å².